The second kappa shape index (κ2) is 7.84. The standard InChI is InChI=1S/C17H22N10/c1-10-4-7-27-13(10)17(21-6-5-20-3)25-15(26-27)11(2)24-16-12(8-18)14(19)22-9-23-16/h4,7,9,11,20H,5-6H2,1-3H3,(H,21,25,26)(H3,19,22,23,24)/t11-/m0/s1. The van der Waals surface area contributed by atoms with Gasteiger partial charge in [0.15, 0.2) is 11.6 Å². The van der Waals surface area contributed by atoms with Gasteiger partial charge in [0, 0.05) is 19.3 Å². The van der Waals surface area contributed by atoms with Crippen LogP contribution in [0.15, 0.2) is 18.6 Å². The van der Waals surface area contributed by atoms with Crippen LogP contribution in [0.25, 0.3) is 5.52 Å². The molecule has 3 heterocycles. The number of anilines is 3. The fourth-order valence-electron chi connectivity index (χ4n) is 2.70. The first-order valence-corrected chi connectivity index (χ1v) is 8.56. The maximum absolute atomic E-state index is 9.29. The van der Waals surface area contributed by atoms with Crippen molar-refractivity contribution in [3.05, 3.63) is 35.5 Å². The van der Waals surface area contributed by atoms with Gasteiger partial charge in [-0.25, -0.2) is 19.5 Å². The molecule has 0 bridgehead atoms. The zero-order valence-corrected chi connectivity index (χ0v) is 15.5. The SMILES string of the molecule is CNCCNc1nc([C@H](C)Nc2ncnc(N)c2C#N)nn2ccc(C)c12. The van der Waals surface area contributed by atoms with Crippen molar-refractivity contribution in [3.8, 4) is 6.07 Å². The summed E-state index contributed by atoms with van der Waals surface area (Å²) < 4.78 is 1.80. The van der Waals surface area contributed by atoms with Crippen molar-refractivity contribution in [2.75, 3.05) is 36.5 Å². The molecule has 0 aromatic carbocycles. The maximum atomic E-state index is 9.29. The molecule has 0 aliphatic rings. The van der Waals surface area contributed by atoms with Crippen LogP contribution >= 0.6 is 0 Å². The number of nitrogen functional groups attached to an aromatic ring is 1. The number of aryl methyl sites for hydroxylation is 1. The van der Waals surface area contributed by atoms with Gasteiger partial charge in [0.25, 0.3) is 0 Å². The highest BCUT2D eigenvalue weighted by molar-refractivity contribution is 5.72. The summed E-state index contributed by atoms with van der Waals surface area (Å²) in [6.07, 6.45) is 3.21. The smallest absolute Gasteiger partial charge is 0.173 e. The van der Waals surface area contributed by atoms with Crippen LogP contribution in [-0.2, 0) is 0 Å². The number of hydrogen-bond donors (Lipinski definition) is 4. The molecular weight excluding hydrogens is 344 g/mol. The molecule has 0 saturated heterocycles. The van der Waals surface area contributed by atoms with Gasteiger partial charge in [0.05, 0.1) is 6.04 Å². The molecule has 10 heteroatoms. The number of nitriles is 1. The van der Waals surface area contributed by atoms with Gasteiger partial charge in [-0.05, 0) is 32.5 Å². The number of hydrogen-bond acceptors (Lipinski definition) is 9. The Morgan fingerprint density at radius 3 is 2.85 bits per heavy atom. The van der Waals surface area contributed by atoms with E-state index in [1.54, 1.807) is 4.52 Å². The molecule has 27 heavy (non-hydrogen) atoms. The minimum Gasteiger partial charge on any atom is -0.382 e. The number of nitrogens with two attached hydrogens (primary N) is 1. The van der Waals surface area contributed by atoms with Gasteiger partial charge in [-0.1, -0.05) is 0 Å². The molecule has 1 atom stereocenters. The Morgan fingerprint density at radius 2 is 2.11 bits per heavy atom. The van der Waals surface area contributed by atoms with Crippen molar-refractivity contribution in [1.29, 1.82) is 5.26 Å². The average molecular weight is 366 g/mol. The van der Waals surface area contributed by atoms with E-state index in [2.05, 4.69) is 36.0 Å². The minimum absolute atomic E-state index is 0.133. The molecule has 3 rings (SSSR count). The third-order valence-corrected chi connectivity index (χ3v) is 4.13. The molecule has 0 fully saturated rings. The lowest BCUT2D eigenvalue weighted by Crippen LogP contribution is -2.21. The van der Waals surface area contributed by atoms with Crippen molar-refractivity contribution in [3.63, 3.8) is 0 Å². The van der Waals surface area contributed by atoms with Crippen molar-refractivity contribution in [2.45, 2.75) is 19.9 Å². The molecule has 0 radical (unpaired) electrons. The molecular formula is C17H22N10. The van der Waals surface area contributed by atoms with Gasteiger partial charge >= 0.3 is 0 Å². The Labute approximate surface area is 156 Å². The molecule has 0 saturated carbocycles. The van der Waals surface area contributed by atoms with E-state index in [-0.39, 0.29) is 17.4 Å². The van der Waals surface area contributed by atoms with E-state index in [4.69, 9.17) is 5.73 Å². The number of likely N-dealkylation sites (N-methyl/N-ethyl adjacent to an activating group) is 1. The molecule has 3 aromatic rings. The number of fused-ring (bicyclic) bond motifs is 1. The first-order valence-electron chi connectivity index (χ1n) is 8.56. The molecule has 0 amide bonds. The predicted molar refractivity (Wildman–Crippen MR) is 103 cm³/mol. The normalized spacial score (nSPS) is 11.9. The molecule has 5 N–H and O–H groups in total. The quantitative estimate of drug-likeness (QED) is 0.452. The van der Waals surface area contributed by atoms with E-state index in [0.717, 1.165) is 30.0 Å². The summed E-state index contributed by atoms with van der Waals surface area (Å²) in [4.78, 5) is 12.6. The molecule has 0 aliphatic carbocycles. The van der Waals surface area contributed by atoms with E-state index < -0.39 is 0 Å². The lowest BCUT2D eigenvalue weighted by atomic mass is 10.2. The monoisotopic (exact) mass is 366 g/mol. The van der Waals surface area contributed by atoms with Crippen LogP contribution in [0, 0.1) is 18.3 Å². The maximum Gasteiger partial charge on any atom is 0.173 e. The van der Waals surface area contributed by atoms with Gasteiger partial charge in [0.1, 0.15) is 35.1 Å². The molecule has 3 aromatic heterocycles. The Kier molecular flexibility index (Phi) is 5.33. The molecule has 0 aliphatic heterocycles. The second-order valence-electron chi connectivity index (χ2n) is 6.10. The Morgan fingerprint density at radius 1 is 1.30 bits per heavy atom. The number of rotatable bonds is 7. The fourth-order valence-corrected chi connectivity index (χ4v) is 2.70. The Balaban J connectivity index is 1.94. The van der Waals surface area contributed by atoms with Crippen molar-refractivity contribution < 1.29 is 0 Å². The lowest BCUT2D eigenvalue weighted by molar-refractivity contribution is 0.725. The average Bonchev–Trinajstić information content (AvgIpc) is 3.03. The van der Waals surface area contributed by atoms with Gasteiger partial charge in [-0.3, -0.25) is 0 Å². The lowest BCUT2D eigenvalue weighted by Gasteiger charge is -2.16. The van der Waals surface area contributed by atoms with Crippen LogP contribution < -0.4 is 21.7 Å². The van der Waals surface area contributed by atoms with E-state index in [1.165, 1.54) is 6.33 Å². The van der Waals surface area contributed by atoms with Crippen LogP contribution in [0.3, 0.4) is 0 Å². The first-order chi connectivity index (χ1) is 13.0. The second-order valence-corrected chi connectivity index (χ2v) is 6.10. The first kappa shape index (κ1) is 18.3. The number of nitrogens with one attached hydrogen (secondary N) is 3. The topological polar surface area (TPSA) is 142 Å². The van der Waals surface area contributed by atoms with E-state index in [0.29, 0.717) is 11.6 Å². The number of aromatic nitrogens is 5. The summed E-state index contributed by atoms with van der Waals surface area (Å²) in [5.74, 6) is 1.81. The van der Waals surface area contributed by atoms with Gasteiger partial charge in [-0.15, -0.1) is 0 Å². The van der Waals surface area contributed by atoms with Gasteiger partial charge in [-0.2, -0.15) is 10.4 Å². The summed E-state index contributed by atoms with van der Waals surface area (Å²) in [5, 5.41) is 23.5. The van der Waals surface area contributed by atoms with E-state index >= 15 is 0 Å². The number of nitrogens with zero attached hydrogens (tertiary/aromatic N) is 6. The molecule has 0 spiro atoms. The highest BCUT2D eigenvalue weighted by Crippen LogP contribution is 2.24. The van der Waals surface area contributed by atoms with Crippen LogP contribution in [0.2, 0.25) is 0 Å². The van der Waals surface area contributed by atoms with Gasteiger partial charge < -0.3 is 21.7 Å². The van der Waals surface area contributed by atoms with Crippen molar-refractivity contribution in [2.24, 2.45) is 0 Å². The third-order valence-electron chi connectivity index (χ3n) is 4.13. The van der Waals surface area contributed by atoms with Crippen LogP contribution in [0.5, 0.6) is 0 Å². The summed E-state index contributed by atoms with van der Waals surface area (Å²) in [5.41, 5.74) is 7.98. The third kappa shape index (κ3) is 3.73. The zero-order valence-electron chi connectivity index (χ0n) is 15.5. The van der Waals surface area contributed by atoms with Gasteiger partial charge in [0.2, 0.25) is 0 Å². The fraction of sp³-hybridized carbons (Fsp3) is 0.353. The highest BCUT2D eigenvalue weighted by atomic mass is 15.3. The predicted octanol–water partition coefficient (Wildman–Crippen LogP) is 1.09. The summed E-state index contributed by atoms with van der Waals surface area (Å²) in [6, 6.07) is 3.71. The van der Waals surface area contributed by atoms with Crippen molar-refractivity contribution >= 4 is 23.0 Å². The highest BCUT2D eigenvalue weighted by Gasteiger charge is 2.18. The van der Waals surface area contributed by atoms with E-state index in [1.807, 2.05) is 39.2 Å². The largest absolute Gasteiger partial charge is 0.382 e. The summed E-state index contributed by atoms with van der Waals surface area (Å²) in [7, 11) is 1.90. The molecule has 140 valence electrons. The Hall–Kier alpha value is -3.45. The molecule has 0 unspecified atom stereocenters. The van der Waals surface area contributed by atoms with Crippen LogP contribution in [0.1, 0.15) is 29.9 Å². The van der Waals surface area contributed by atoms with Crippen molar-refractivity contribution in [1.82, 2.24) is 29.9 Å². The minimum atomic E-state index is -0.302. The molecule has 10 nitrogen and oxygen atoms in total. The summed E-state index contributed by atoms with van der Waals surface area (Å²) in [6.45, 7) is 5.46. The van der Waals surface area contributed by atoms with Crippen LogP contribution in [-0.4, -0.2) is 44.7 Å². The Bertz CT molecular complexity index is 987. The zero-order chi connectivity index (χ0) is 19.4. The van der Waals surface area contributed by atoms with Crippen LogP contribution in [0.4, 0.5) is 17.5 Å². The summed E-state index contributed by atoms with van der Waals surface area (Å²) >= 11 is 0. The van der Waals surface area contributed by atoms with E-state index in [9.17, 15) is 5.26 Å².